The van der Waals surface area contributed by atoms with Gasteiger partial charge in [-0.1, -0.05) is 76.9 Å². The Bertz CT molecular complexity index is 993. The third kappa shape index (κ3) is 12.5. The van der Waals surface area contributed by atoms with Crippen LogP contribution in [0.5, 0.6) is 0 Å². The third-order valence-corrected chi connectivity index (χ3v) is 8.13. The number of hydrogen-bond donors (Lipinski definition) is 2. The summed E-state index contributed by atoms with van der Waals surface area (Å²) in [4.78, 5) is 28.1. The number of amides is 2. The van der Waals surface area contributed by atoms with E-state index < -0.39 is 0 Å². The standard InChI is InChI=1S/C30H42N2O2S3/c1-4-5-6-7-8-9-10-11-12-13-20-37-26-17-14-24(15-18-26)30(34)32-27-21-25(16-19-28(27)36-3)29(33)31-22-23(2)35/h14-19,21H,4-13,20,22H2,1-3H3,(H,31,33)(H,32,34). The lowest BCUT2D eigenvalue weighted by Crippen LogP contribution is -2.27. The number of rotatable bonds is 18. The normalized spacial score (nSPS) is 10.8. The number of anilines is 1. The molecule has 0 unspecified atom stereocenters. The van der Waals surface area contributed by atoms with Crippen LogP contribution in [0.25, 0.3) is 0 Å². The molecule has 0 saturated heterocycles. The molecule has 7 heteroatoms. The fourth-order valence-corrected chi connectivity index (χ4v) is 5.45. The van der Waals surface area contributed by atoms with E-state index in [0.29, 0.717) is 28.2 Å². The highest BCUT2D eigenvalue weighted by Gasteiger charge is 2.13. The van der Waals surface area contributed by atoms with Crippen LogP contribution in [0.4, 0.5) is 5.69 Å². The fourth-order valence-electron chi connectivity index (χ4n) is 3.93. The van der Waals surface area contributed by atoms with Gasteiger partial charge in [-0.25, -0.2) is 0 Å². The molecule has 37 heavy (non-hydrogen) atoms. The van der Waals surface area contributed by atoms with Crippen LogP contribution in [-0.2, 0) is 0 Å². The van der Waals surface area contributed by atoms with E-state index in [1.165, 1.54) is 80.9 Å². The Morgan fingerprint density at radius 2 is 1.41 bits per heavy atom. The van der Waals surface area contributed by atoms with Gasteiger partial charge in [-0.3, -0.25) is 9.59 Å². The number of thiocarbonyl (C=S) groups is 1. The molecule has 4 nitrogen and oxygen atoms in total. The number of benzene rings is 2. The van der Waals surface area contributed by atoms with Gasteiger partial charge in [0, 0.05) is 32.3 Å². The van der Waals surface area contributed by atoms with Crippen LogP contribution in [-0.4, -0.2) is 35.2 Å². The molecule has 2 aromatic carbocycles. The first-order valence-electron chi connectivity index (χ1n) is 13.4. The molecule has 0 aliphatic heterocycles. The van der Waals surface area contributed by atoms with Crippen molar-refractivity contribution < 1.29 is 9.59 Å². The average Bonchev–Trinajstić information content (AvgIpc) is 2.90. The van der Waals surface area contributed by atoms with Gasteiger partial charge in [0.15, 0.2) is 0 Å². The van der Waals surface area contributed by atoms with Gasteiger partial charge in [0.1, 0.15) is 0 Å². The van der Waals surface area contributed by atoms with Gasteiger partial charge in [-0.2, -0.15) is 0 Å². The molecular formula is C30H42N2O2S3. The fraction of sp³-hybridized carbons (Fsp3) is 0.500. The lowest BCUT2D eigenvalue weighted by Gasteiger charge is -2.12. The highest BCUT2D eigenvalue weighted by molar-refractivity contribution is 7.99. The lowest BCUT2D eigenvalue weighted by atomic mass is 10.1. The quantitative estimate of drug-likeness (QED) is 0.109. The number of carbonyl (C=O) groups is 2. The molecule has 0 heterocycles. The maximum atomic E-state index is 12.9. The van der Waals surface area contributed by atoms with E-state index >= 15 is 0 Å². The molecule has 202 valence electrons. The number of unbranched alkanes of at least 4 members (excludes halogenated alkanes) is 9. The Morgan fingerprint density at radius 1 is 0.811 bits per heavy atom. The second kappa shape index (κ2) is 18.4. The lowest BCUT2D eigenvalue weighted by molar-refractivity contribution is 0.0957. The zero-order valence-electron chi connectivity index (χ0n) is 22.6. The summed E-state index contributed by atoms with van der Waals surface area (Å²) in [7, 11) is 0. The van der Waals surface area contributed by atoms with Crippen molar-refractivity contribution in [3.63, 3.8) is 0 Å². The topological polar surface area (TPSA) is 58.2 Å². The van der Waals surface area contributed by atoms with Crippen LogP contribution in [0.1, 0.15) is 98.8 Å². The molecule has 0 radical (unpaired) electrons. The predicted octanol–water partition coefficient (Wildman–Crippen LogP) is 8.79. The molecule has 0 fully saturated rings. The Kier molecular flexibility index (Phi) is 15.6. The molecule has 0 aliphatic carbocycles. The minimum absolute atomic E-state index is 0.186. The predicted molar refractivity (Wildman–Crippen MR) is 166 cm³/mol. The van der Waals surface area contributed by atoms with Crippen molar-refractivity contribution in [2.75, 3.05) is 23.9 Å². The molecule has 2 rings (SSSR count). The molecule has 0 aromatic heterocycles. The molecule has 0 aliphatic rings. The van der Waals surface area contributed by atoms with Crippen LogP contribution in [0.2, 0.25) is 0 Å². The molecule has 0 spiro atoms. The van der Waals surface area contributed by atoms with Gasteiger partial charge in [-0.05, 0) is 67.8 Å². The highest BCUT2D eigenvalue weighted by Crippen LogP contribution is 2.27. The molecule has 0 bridgehead atoms. The van der Waals surface area contributed by atoms with E-state index in [2.05, 4.69) is 17.6 Å². The van der Waals surface area contributed by atoms with E-state index in [0.717, 1.165) is 10.6 Å². The van der Waals surface area contributed by atoms with E-state index in [4.69, 9.17) is 12.2 Å². The Hall–Kier alpha value is -1.83. The van der Waals surface area contributed by atoms with Crippen LogP contribution in [0, 0.1) is 0 Å². The third-order valence-electron chi connectivity index (χ3n) is 6.09. The van der Waals surface area contributed by atoms with Gasteiger partial charge in [0.05, 0.1) is 5.69 Å². The van der Waals surface area contributed by atoms with Gasteiger partial charge >= 0.3 is 0 Å². The number of thioether (sulfide) groups is 2. The van der Waals surface area contributed by atoms with E-state index in [1.807, 2.05) is 48.3 Å². The Labute approximate surface area is 237 Å². The molecular weight excluding hydrogens is 517 g/mol. The molecule has 2 aromatic rings. The van der Waals surface area contributed by atoms with Crippen molar-refractivity contribution >= 4 is 58.1 Å². The summed E-state index contributed by atoms with van der Waals surface area (Å²) in [5, 5.41) is 5.77. The molecule has 2 amide bonds. The van der Waals surface area contributed by atoms with Crippen molar-refractivity contribution in [1.29, 1.82) is 0 Å². The molecule has 0 atom stereocenters. The second-order valence-corrected chi connectivity index (χ2v) is 12.0. The minimum atomic E-state index is -0.212. The van der Waals surface area contributed by atoms with E-state index in [1.54, 1.807) is 19.1 Å². The first-order valence-corrected chi connectivity index (χ1v) is 16.1. The number of nitrogens with one attached hydrogen (secondary N) is 2. The summed E-state index contributed by atoms with van der Waals surface area (Å²) in [5.74, 6) is 0.710. The zero-order valence-corrected chi connectivity index (χ0v) is 25.0. The smallest absolute Gasteiger partial charge is 0.255 e. The van der Waals surface area contributed by atoms with Crippen LogP contribution >= 0.6 is 35.7 Å². The Balaban J connectivity index is 1.77. The van der Waals surface area contributed by atoms with Crippen molar-refractivity contribution in [3.8, 4) is 0 Å². The van der Waals surface area contributed by atoms with Gasteiger partial charge < -0.3 is 10.6 Å². The van der Waals surface area contributed by atoms with Crippen molar-refractivity contribution in [2.24, 2.45) is 0 Å². The summed E-state index contributed by atoms with van der Waals surface area (Å²) in [6.45, 7) is 4.41. The maximum Gasteiger partial charge on any atom is 0.255 e. The summed E-state index contributed by atoms with van der Waals surface area (Å²) in [5.41, 5.74) is 1.72. The van der Waals surface area contributed by atoms with Crippen molar-refractivity contribution in [1.82, 2.24) is 5.32 Å². The summed E-state index contributed by atoms with van der Waals surface area (Å²) < 4.78 is 0. The largest absolute Gasteiger partial charge is 0.347 e. The first-order chi connectivity index (χ1) is 17.9. The van der Waals surface area contributed by atoms with Gasteiger partial charge in [-0.15, -0.1) is 23.5 Å². The second-order valence-electron chi connectivity index (χ2n) is 9.31. The van der Waals surface area contributed by atoms with Gasteiger partial charge in [0.25, 0.3) is 11.8 Å². The maximum absolute atomic E-state index is 12.9. The summed E-state index contributed by atoms with van der Waals surface area (Å²) >= 11 is 8.41. The highest BCUT2D eigenvalue weighted by atomic mass is 32.2. The van der Waals surface area contributed by atoms with Crippen LogP contribution < -0.4 is 10.6 Å². The average molecular weight is 559 g/mol. The van der Waals surface area contributed by atoms with E-state index in [-0.39, 0.29) is 11.8 Å². The number of hydrogen-bond acceptors (Lipinski definition) is 5. The van der Waals surface area contributed by atoms with Gasteiger partial charge in [0.2, 0.25) is 0 Å². The molecule has 2 N–H and O–H groups in total. The van der Waals surface area contributed by atoms with E-state index in [9.17, 15) is 9.59 Å². The van der Waals surface area contributed by atoms with Crippen molar-refractivity contribution in [2.45, 2.75) is 87.8 Å². The summed E-state index contributed by atoms with van der Waals surface area (Å²) in [6, 6.07) is 13.1. The number of carbonyl (C=O) groups excluding carboxylic acids is 2. The monoisotopic (exact) mass is 558 g/mol. The first kappa shape index (κ1) is 31.4. The molecule has 0 saturated carbocycles. The summed E-state index contributed by atoms with van der Waals surface area (Å²) in [6.07, 6.45) is 15.4. The minimum Gasteiger partial charge on any atom is -0.347 e. The van der Waals surface area contributed by atoms with Crippen LogP contribution in [0.3, 0.4) is 0 Å². The van der Waals surface area contributed by atoms with Crippen molar-refractivity contribution in [3.05, 3.63) is 53.6 Å². The Morgan fingerprint density at radius 3 is 2.00 bits per heavy atom. The zero-order chi connectivity index (χ0) is 26.9. The SMILES string of the molecule is CCCCCCCCCCCCSc1ccc(C(=O)Nc2cc(C(=O)NCC(C)=S)ccc2SC)cc1. The van der Waals surface area contributed by atoms with Crippen LogP contribution in [0.15, 0.2) is 52.3 Å².